The number of carbonyl (C=O) groups excluding carboxylic acids is 2. The zero-order chi connectivity index (χ0) is 20.4. The average molecular weight is 392 g/mol. The Bertz CT molecular complexity index is 727. The standard InChI is InChI=1S/C16H19F3N2O6/c1-3-26-10-7-8(5-6-9(10)22)12-11(13(23)27-4-2)15(25,16(17,18)19)21-14(24)20-12/h5-7,11-12,22,25H,3-4H2,1-2H3,(H2,20,21,24)/t11-,12+,15+/m1/s1. The van der Waals surface area contributed by atoms with Crippen molar-refractivity contribution in [2.24, 2.45) is 5.92 Å². The first-order chi connectivity index (χ1) is 12.5. The number of nitrogens with one attached hydrogen (secondary N) is 2. The molecule has 0 radical (unpaired) electrons. The summed E-state index contributed by atoms with van der Waals surface area (Å²) in [6.45, 7) is 2.94. The molecule has 11 heteroatoms. The molecule has 2 amide bonds. The molecule has 0 aliphatic carbocycles. The highest BCUT2D eigenvalue weighted by Crippen LogP contribution is 2.44. The SMILES string of the molecule is CCOC(=O)[C@H]1[C@H](c2ccc(O)c(OCC)c2)NC(=O)N[C@@]1(O)C(F)(F)F. The summed E-state index contributed by atoms with van der Waals surface area (Å²) in [6.07, 6.45) is -5.36. The number of alkyl halides is 3. The third-order valence-corrected chi connectivity index (χ3v) is 3.99. The second kappa shape index (κ2) is 7.51. The van der Waals surface area contributed by atoms with Crippen molar-refractivity contribution in [2.45, 2.75) is 31.8 Å². The highest BCUT2D eigenvalue weighted by molar-refractivity contribution is 5.83. The molecule has 1 saturated heterocycles. The van der Waals surface area contributed by atoms with Crippen LogP contribution in [0.4, 0.5) is 18.0 Å². The smallest absolute Gasteiger partial charge is 0.437 e. The Labute approximate surface area is 152 Å². The summed E-state index contributed by atoms with van der Waals surface area (Å²) in [6, 6.07) is 0.606. The first kappa shape index (κ1) is 20.6. The third kappa shape index (κ3) is 3.87. The molecule has 1 aliphatic rings. The van der Waals surface area contributed by atoms with Crippen LogP contribution >= 0.6 is 0 Å². The van der Waals surface area contributed by atoms with Gasteiger partial charge < -0.3 is 30.3 Å². The number of hydrogen-bond donors (Lipinski definition) is 4. The van der Waals surface area contributed by atoms with Crippen molar-refractivity contribution in [3.63, 3.8) is 0 Å². The minimum absolute atomic E-state index is 0.00632. The number of urea groups is 1. The fraction of sp³-hybridized carbons (Fsp3) is 0.500. The molecule has 1 fully saturated rings. The maximum absolute atomic E-state index is 13.5. The number of esters is 1. The molecule has 1 aliphatic heterocycles. The third-order valence-electron chi connectivity index (χ3n) is 3.99. The molecule has 27 heavy (non-hydrogen) atoms. The van der Waals surface area contributed by atoms with Crippen LogP contribution < -0.4 is 15.4 Å². The van der Waals surface area contributed by atoms with Gasteiger partial charge in [0, 0.05) is 0 Å². The fourth-order valence-corrected chi connectivity index (χ4v) is 2.81. The normalized spacial score (nSPS) is 25.3. The Morgan fingerprint density at radius 2 is 1.96 bits per heavy atom. The summed E-state index contributed by atoms with van der Waals surface area (Å²) in [7, 11) is 0. The van der Waals surface area contributed by atoms with E-state index in [4.69, 9.17) is 4.74 Å². The van der Waals surface area contributed by atoms with Gasteiger partial charge in [0.05, 0.1) is 19.3 Å². The second-order valence-electron chi connectivity index (χ2n) is 5.73. The van der Waals surface area contributed by atoms with E-state index in [9.17, 15) is 33.0 Å². The molecule has 0 bridgehead atoms. The summed E-state index contributed by atoms with van der Waals surface area (Å²) in [5.41, 5.74) is -3.84. The summed E-state index contributed by atoms with van der Waals surface area (Å²) >= 11 is 0. The summed E-state index contributed by atoms with van der Waals surface area (Å²) in [5, 5.41) is 23.5. The molecular weight excluding hydrogens is 373 g/mol. The Kier molecular flexibility index (Phi) is 5.73. The van der Waals surface area contributed by atoms with Gasteiger partial charge in [0.1, 0.15) is 5.92 Å². The molecule has 2 rings (SSSR count). The number of carbonyl (C=O) groups is 2. The number of phenolic OH excluding ortho intramolecular Hbond substituents is 1. The first-order valence-corrected chi connectivity index (χ1v) is 8.05. The molecule has 0 unspecified atom stereocenters. The van der Waals surface area contributed by atoms with Crippen LogP contribution in [0, 0.1) is 5.92 Å². The number of hydrogen-bond acceptors (Lipinski definition) is 6. The summed E-state index contributed by atoms with van der Waals surface area (Å²) < 4.78 is 50.5. The van der Waals surface area contributed by atoms with Gasteiger partial charge in [0.25, 0.3) is 5.72 Å². The van der Waals surface area contributed by atoms with Gasteiger partial charge in [-0.2, -0.15) is 13.2 Å². The highest BCUT2D eigenvalue weighted by atomic mass is 19.4. The van der Waals surface area contributed by atoms with Crippen molar-refractivity contribution >= 4 is 12.0 Å². The van der Waals surface area contributed by atoms with E-state index in [1.165, 1.54) is 24.4 Å². The molecular formula is C16H19F3N2O6. The largest absolute Gasteiger partial charge is 0.504 e. The Hall–Kier alpha value is -2.69. The van der Waals surface area contributed by atoms with E-state index in [0.717, 1.165) is 6.07 Å². The molecule has 0 saturated carbocycles. The van der Waals surface area contributed by atoms with Crippen LogP contribution in [0.5, 0.6) is 11.5 Å². The minimum atomic E-state index is -5.36. The quantitative estimate of drug-likeness (QED) is 0.565. The van der Waals surface area contributed by atoms with Crippen LogP contribution in [0.3, 0.4) is 0 Å². The van der Waals surface area contributed by atoms with Crippen LogP contribution in [0.1, 0.15) is 25.5 Å². The van der Waals surface area contributed by atoms with Crippen molar-refractivity contribution in [3.8, 4) is 11.5 Å². The van der Waals surface area contributed by atoms with Gasteiger partial charge in [-0.1, -0.05) is 6.07 Å². The van der Waals surface area contributed by atoms with Crippen LogP contribution in [0.25, 0.3) is 0 Å². The van der Waals surface area contributed by atoms with Crippen LogP contribution in [0.2, 0.25) is 0 Å². The van der Waals surface area contributed by atoms with E-state index in [1.807, 2.05) is 0 Å². The number of phenols is 1. The lowest BCUT2D eigenvalue weighted by atomic mass is 9.82. The molecule has 8 nitrogen and oxygen atoms in total. The van der Waals surface area contributed by atoms with Gasteiger partial charge in [-0.15, -0.1) is 0 Å². The molecule has 0 spiro atoms. The molecule has 1 aromatic carbocycles. The number of ether oxygens (including phenoxy) is 2. The van der Waals surface area contributed by atoms with E-state index in [-0.39, 0.29) is 30.3 Å². The lowest BCUT2D eigenvalue weighted by molar-refractivity contribution is -0.294. The molecule has 3 atom stereocenters. The molecule has 150 valence electrons. The molecule has 1 aromatic rings. The molecule has 1 heterocycles. The first-order valence-electron chi connectivity index (χ1n) is 8.05. The minimum Gasteiger partial charge on any atom is -0.504 e. The number of amides is 2. The summed E-state index contributed by atoms with van der Waals surface area (Å²) in [5.74, 6) is -3.93. The van der Waals surface area contributed by atoms with Crippen LogP contribution in [-0.2, 0) is 9.53 Å². The summed E-state index contributed by atoms with van der Waals surface area (Å²) in [4.78, 5) is 24.1. The van der Waals surface area contributed by atoms with Gasteiger partial charge in [-0.25, -0.2) is 4.79 Å². The van der Waals surface area contributed by atoms with Gasteiger partial charge in [-0.3, -0.25) is 4.79 Å². The maximum atomic E-state index is 13.5. The van der Waals surface area contributed by atoms with Crippen molar-refractivity contribution in [3.05, 3.63) is 23.8 Å². The molecule has 0 aromatic heterocycles. The van der Waals surface area contributed by atoms with Crippen LogP contribution in [-0.4, -0.2) is 47.3 Å². The van der Waals surface area contributed by atoms with E-state index < -0.39 is 35.9 Å². The number of aliphatic hydroxyl groups is 1. The fourth-order valence-electron chi connectivity index (χ4n) is 2.81. The van der Waals surface area contributed by atoms with Gasteiger partial charge in [0.2, 0.25) is 0 Å². The topological polar surface area (TPSA) is 117 Å². The van der Waals surface area contributed by atoms with E-state index in [2.05, 4.69) is 10.1 Å². The monoisotopic (exact) mass is 392 g/mol. The van der Waals surface area contributed by atoms with E-state index in [0.29, 0.717) is 0 Å². The lowest BCUT2D eigenvalue weighted by Crippen LogP contribution is -2.73. The molecule has 4 N–H and O–H groups in total. The number of aromatic hydroxyl groups is 1. The number of benzene rings is 1. The van der Waals surface area contributed by atoms with Gasteiger partial charge >= 0.3 is 18.2 Å². The predicted octanol–water partition coefficient (Wildman–Crippen LogP) is 1.57. The van der Waals surface area contributed by atoms with Crippen LogP contribution in [0.15, 0.2) is 18.2 Å². The van der Waals surface area contributed by atoms with Crippen molar-refractivity contribution in [1.29, 1.82) is 0 Å². The average Bonchev–Trinajstić information content (AvgIpc) is 2.55. The van der Waals surface area contributed by atoms with Crippen molar-refractivity contribution in [2.75, 3.05) is 13.2 Å². The van der Waals surface area contributed by atoms with Gasteiger partial charge in [0.15, 0.2) is 11.5 Å². The van der Waals surface area contributed by atoms with Crippen molar-refractivity contribution in [1.82, 2.24) is 10.6 Å². The Morgan fingerprint density at radius 3 is 2.52 bits per heavy atom. The Morgan fingerprint density at radius 1 is 1.30 bits per heavy atom. The second-order valence-corrected chi connectivity index (χ2v) is 5.73. The van der Waals surface area contributed by atoms with E-state index in [1.54, 1.807) is 6.92 Å². The highest BCUT2D eigenvalue weighted by Gasteiger charge is 2.67. The number of rotatable bonds is 5. The Balaban J connectivity index is 2.58. The maximum Gasteiger partial charge on any atom is 0.437 e. The van der Waals surface area contributed by atoms with Crippen molar-refractivity contribution < 1.29 is 42.4 Å². The van der Waals surface area contributed by atoms with E-state index >= 15 is 0 Å². The van der Waals surface area contributed by atoms with Gasteiger partial charge in [-0.05, 0) is 31.5 Å². The number of halogens is 3. The zero-order valence-electron chi connectivity index (χ0n) is 14.5. The zero-order valence-corrected chi connectivity index (χ0v) is 14.5. The lowest BCUT2D eigenvalue weighted by Gasteiger charge is -2.44. The predicted molar refractivity (Wildman–Crippen MR) is 84.8 cm³/mol.